The summed E-state index contributed by atoms with van der Waals surface area (Å²) in [4.78, 5) is 12.7. The maximum atomic E-state index is 13.9. The monoisotopic (exact) mass is 465 g/mol. The molecule has 0 amide bonds. The summed E-state index contributed by atoms with van der Waals surface area (Å²) in [5.41, 5.74) is 3.97. The lowest BCUT2D eigenvalue weighted by Gasteiger charge is -2.38. The second-order valence-corrected chi connectivity index (χ2v) is 13.1. The van der Waals surface area contributed by atoms with Crippen molar-refractivity contribution in [2.45, 2.75) is 118 Å². The molecule has 0 aliphatic carbocycles. The average molecular weight is 466 g/mol. The highest BCUT2D eigenvalue weighted by Crippen LogP contribution is 2.48. The summed E-state index contributed by atoms with van der Waals surface area (Å²) in [5, 5.41) is 24.3. The summed E-state index contributed by atoms with van der Waals surface area (Å²) in [6, 6.07) is 8.06. The fourth-order valence-electron chi connectivity index (χ4n) is 4.52. The Morgan fingerprint density at radius 3 is 1.74 bits per heavy atom. The van der Waals surface area contributed by atoms with Crippen molar-refractivity contribution < 1.29 is 15.0 Å². The van der Waals surface area contributed by atoms with Crippen molar-refractivity contribution in [3.63, 3.8) is 0 Å². The van der Waals surface area contributed by atoms with Crippen LogP contribution in [0.25, 0.3) is 11.1 Å². The van der Waals surface area contributed by atoms with Gasteiger partial charge in [-0.2, -0.15) is 0 Å². The van der Waals surface area contributed by atoms with Gasteiger partial charge in [0.2, 0.25) is 0 Å². The Morgan fingerprint density at radius 1 is 0.794 bits per heavy atom. The number of carboxylic acids is 1. The molecular weight excluding hydrogens is 420 g/mol. The van der Waals surface area contributed by atoms with Crippen molar-refractivity contribution in [3.8, 4) is 16.9 Å². The van der Waals surface area contributed by atoms with Gasteiger partial charge in [0.05, 0.1) is 5.56 Å². The van der Waals surface area contributed by atoms with E-state index in [0.717, 1.165) is 24.0 Å². The van der Waals surface area contributed by atoms with Gasteiger partial charge in [0.1, 0.15) is 0 Å². The van der Waals surface area contributed by atoms with Crippen LogP contribution < -0.4 is 5.11 Å². The lowest BCUT2D eigenvalue weighted by Crippen LogP contribution is -2.26. The van der Waals surface area contributed by atoms with Crippen LogP contribution in [0.1, 0.15) is 129 Å². The molecule has 1 N–H and O–H groups in total. The van der Waals surface area contributed by atoms with Crippen LogP contribution in [0.4, 0.5) is 0 Å². The molecule has 0 heterocycles. The molecule has 0 unspecified atom stereocenters. The molecule has 0 fully saturated rings. The minimum atomic E-state index is -0.996. The SMILES string of the molecule is CCC(C)(C)c1ccc(-c2c(C(=O)O)cc(C(C)(C)C)c([O-])c2C(C)(C)C)c(C(C)(C)CC)c1. The number of benzene rings is 2. The molecule has 0 spiro atoms. The largest absolute Gasteiger partial charge is 0.872 e. The van der Waals surface area contributed by atoms with Crippen molar-refractivity contribution in [1.29, 1.82) is 0 Å². The minimum Gasteiger partial charge on any atom is -0.872 e. The lowest BCUT2D eigenvalue weighted by atomic mass is 9.70. The van der Waals surface area contributed by atoms with E-state index in [2.05, 4.69) is 59.7 Å². The predicted molar refractivity (Wildman–Crippen MR) is 142 cm³/mol. The quantitative estimate of drug-likeness (QED) is 0.469. The number of carboxylic acid groups (broad SMARTS) is 1. The van der Waals surface area contributed by atoms with Gasteiger partial charge in [0, 0.05) is 0 Å². The van der Waals surface area contributed by atoms with Crippen LogP contribution >= 0.6 is 0 Å². The number of rotatable bonds is 6. The summed E-state index contributed by atoms with van der Waals surface area (Å²) in [6.07, 6.45) is 1.89. The standard InChI is InChI=1S/C31H46O3/c1-13-30(9,10)19-15-16-20(22(17-19)31(11,12)14-2)24-21(27(33)34)18-23(28(3,4)5)26(32)25(24)29(6,7)8/h15-18,32H,13-14H2,1-12H3,(H,33,34)/p-1. The molecule has 0 aliphatic heterocycles. The van der Waals surface area contributed by atoms with Gasteiger partial charge in [-0.3, -0.25) is 0 Å². The Hall–Kier alpha value is -2.29. The molecule has 3 nitrogen and oxygen atoms in total. The zero-order valence-corrected chi connectivity index (χ0v) is 23.5. The van der Waals surface area contributed by atoms with Crippen LogP contribution in [0.3, 0.4) is 0 Å². The maximum absolute atomic E-state index is 13.9. The highest BCUT2D eigenvalue weighted by molar-refractivity contribution is 5.99. The molecule has 0 aromatic heterocycles. The molecule has 0 atom stereocenters. The molecule has 2 aromatic carbocycles. The fourth-order valence-corrected chi connectivity index (χ4v) is 4.52. The van der Waals surface area contributed by atoms with Gasteiger partial charge in [-0.1, -0.05) is 101 Å². The normalized spacial score (nSPS) is 13.3. The van der Waals surface area contributed by atoms with Gasteiger partial charge in [-0.05, 0) is 73.9 Å². The number of hydrogen-bond donors (Lipinski definition) is 1. The number of hydrogen-bond acceptors (Lipinski definition) is 2. The van der Waals surface area contributed by atoms with Crippen LogP contribution in [0.15, 0.2) is 24.3 Å². The van der Waals surface area contributed by atoms with Gasteiger partial charge in [-0.25, -0.2) is 4.79 Å². The van der Waals surface area contributed by atoms with Crippen LogP contribution in [-0.4, -0.2) is 11.1 Å². The first-order chi connectivity index (χ1) is 15.3. The van der Waals surface area contributed by atoms with E-state index in [4.69, 9.17) is 0 Å². The third-order valence-corrected chi connectivity index (χ3v) is 7.64. The topological polar surface area (TPSA) is 60.4 Å². The Kier molecular flexibility index (Phi) is 7.45. The van der Waals surface area contributed by atoms with Crippen LogP contribution in [0.5, 0.6) is 5.75 Å². The van der Waals surface area contributed by atoms with E-state index in [0.29, 0.717) is 16.7 Å². The maximum Gasteiger partial charge on any atom is 0.336 e. The van der Waals surface area contributed by atoms with E-state index in [1.165, 1.54) is 5.56 Å². The molecule has 3 heteroatoms. The highest BCUT2D eigenvalue weighted by Gasteiger charge is 2.33. The van der Waals surface area contributed by atoms with Crippen LogP contribution in [0.2, 0.25) is 0 Å². The van der Waals surface area contributed by atoms with E-state index in [-0.39, 0.29) is 22.1 Å². The van der Waals surface area contributed by atoms with E-state index in [1.54, 1.807) is 6.07 Å². The lowest BCUT2D eigenvalue weighted by molar-refractivity contribution is -0.271. The molecule has 34 heavy (non-hydrogen) atoms. The highest BCUT2D eigenvalue weighted by atomic mass is 16.4. The van der Waals surface area contributed by atoms with Crippen molar-refractivity contribution in [2.75, 3.05) is 0 Å². The fraction of sp³-hybridized carbons (Fsp3) is 0.581. The summed E-state index contributed by atoms with van der Waals surface area (Å²) >= 11 is 0. The Morgan fingerprint density at radius 2 is 1.32 bits per heavy atom. The smallest absolute Gasteiger partial charge is 0.336 e. The minimum absolute atomic E-state index is 0.000622. The molecule has 0 bridgehead atoms. The molecule has 2 aromatic rings. The molecule has 0 saturated carbocycles. The molecule has 0 aliphatic rings. The number of aromatic carboxylic acids is 1. The van der Waals surface area contributed by atoms with E-state index in [1.807, 2.05) is 41.5 Å². The molecular formula is C31H45O3-. The van der Waals surface area contributed by atoms with Gasteiger partial charge in [0.25, 0.3) is 0 Å². The summed E-state index contributed by atoms with van der Waals surface area (Å²) in [5.74, 6) is -1.04. The summed E-state index contributed by atoms with van der Waals surface area (Å²) in [7, 11) is 0. The molecule has 0 radical (unpaired) electrons. The first kappa shape index (κ1) is 28.0. The second kappa shape index (κ2) is 9.06. The van der Waals surface area contributed by atoms with Gasteiger partial charge >= 0.3 is 5.97 Å². The van der Waals surface area contributed by atoms with E-state index >= 15 is 0 Å². The third kappa shape index (κ3) is 5.19. The van der Waals surface area contributed by atoms with E-state index in [9.17, 15) is 15.0 Å². The molecule has 188 valence electrons. The predicted octanol–water partition coefficient (Wildman–Crippen LogP) is 8.10. The first-order valence-electron chi connectivity index (χ1n) is 12.6. The second-order valence-electron chi connectivity index (χ2n) is 13.1. The first-order valence-corrected chi connectivity index (χ1v) is 12.6. The van der Waals surface area contributed by atoms with Crippen molar-refractivity contribution >= 4 is 5.97 Å². The summed E-state index contributed by atoms with van der Waals surface area (Å²) in [6.45, 7) is 25.1. The average Bonchev–Trinajstić information content (AvgIpc) is 2.70. The third-order valence-electron chi connectivity index (χ3n) is 7.64. The Bertz CT molecular complexity index is 1070. The van der Waals surface area contributed by atoms with Crippen molar-refractivity contribution in [2.24, 2.45) is 0 Å². The molecule has 2 rings (SSSR count). The van der Waals surface area contributed by atoms with Crippen LogP contribution in [-0.2, 0) is 21.7 Å². The van der Waals surface area contributed by atoms with Crippen molar-refractivity contribution in [1.82, 2.24) is 0 Å². The Balaban J connectivity index is 3.18. The van der Waals surface area contributed by atoms with Crippen LogP contribution in [0, 0.1) is 0 Å². The number of carbonyl (C=O) groups is 1. The Labute approximate surface area is 207 Å². The van der Waals surface area contributed by atoms with E-state index < -0.39 is 16.8 Å². The summed E-state index contributed by atoms with van der Waals surface area (Å²) < 4.78 is 0. The van der Waals surface area contributed by atoms with Gasteiger partial charge in [0.15, 0.2) is 0 Å². The van der Waals surface area contributed by atoms with Gasteiger partial charge < -0.3 is 10.2 Å². The van der Waals surface area contributed by atoms with Gasteiger partial charge in [-0.15, -0.1) is 5.75 Å². The van der Waals surface area contributed by atoms with Crippen molar-refractivity contribution in [3.05, 3.63) is 52.1 Å². The zero-order valence-electron chi connectivity index (χ0n) is 23.5. The molecule has 0 saturated heterocycles. The zero-order chi connectivity index (χ0) is 26.4.